The predicted octanol–water partition coefficient (Wildman–Crippen LogP) is 2.89. The van der Waals surface area contributed by atoms with Gasteiger partial charge in [-0.25, -0.2) is 0 Å². The Bertz CT molecular complexity index is 512. The molecule has 0 bridgehead atoms. The Hall–Kier alpha value is -1.55. The van der Waals surface area contributed by atoms with Gasteiger partial charge in [-0.2, -0.15) is 0 Å². The Kier molecular flexibility index (Phi) is 4.95. The van der Waals surface area contributed by atoms with E-state index in [1.54, 1.807) is 26.0 Å². The molecule has 5 heteroatoms. The molecule has 1 N–H and O–H groups in total. The van der Waals surface area contributed by atoms with Gasteiger partial charge in [-0.15, -0.1) is 0 Å². The SMILES string of the molecule is Cc1cc(Cl)c(C(=O)N(CC(=O)O)C(C)C)cc1C. The molecule has 1 amide bonds. The summed E-state index contributed by atoms with van der Waals surface area (Å²) >= 11 is 6.09. The minimum Gasteiger partial charge on any atom is -0.480 e. The van der Waals surface area contributed by atoms with E-state index in [2.05, 4.69) is 0 Å². The average Bonchev–Trinajstić information content (AvgIpc) is 2.29. The van der Waals surface area contributed by atoms with Crippen LogP contribution in [0.4, 0.5) is 0 Å². The van der Waals surface area contributed by atoms with Crippen molar-refractivity contribution < 1.29 is 14.7 Å². The number of carboxylic acid groups (broad SMARTS) is 1. The second-order valence-corrected chi connectivity index (χ2v) is 5.24. The normalized spacial score (nSPS) is 10.6. The van der Waals surface area contributed by atoms with Gasteiger partial charge >= 0.3 is 5.97 Å². The van der Waals surface area contributed by atoms with Gasteiger partial charge < -0.3 is 10.0 Å². The number of amides is 1. The molecule has 0 spiro atoms. The van der Waals surface area contributed by atoms with Gasteiger partial charge in [0.1, 0.15) is 6.54 Å². The van der Waals surface area contributed by atoms with Crippen LogP contribution in [0.15, 0.2) is 12.1 Å². The molecule has 1 rings (SSSR count). The summed E-state index contributed by atoms with van der Waals surface area (Å²) < 4.78 is 0. The summed E-state index contributed by atoms with van der Waals surface area (Å²) in [5, 5.41) is 9.22. The van der Waals surface area contributed by atoms with E-state index < -0.39 is 5.97 Å². The van der Waals surface area contributed by atoms with Crippen molar-refractivity contribution in [3.63, 3.8) is 0 Å². The number of hydrogen-bond acceptors (Lipinski definition) is 2. The molecular formula is C14H18ClNO3. The lowest BCUT2D eigenvalue weighted by Gasteiger charge is -2.25. The van der Waals surface area contributed by atoms with Crippen LogP contribution in [-0.2, 0) is 4.79 Å². The summed E-state index contributed by atoms with van der Waals surface area (Å²) in [6, 6.07) is 3.22. The van der Waals surface area contributed by atoms with E-state index in [4.69, 9.17) is 16.7 Å². The van der Waals surface area contributed by atoms with Crippen molar-refractivity contribution in [3.05, 3.63) is 33.8 Å². The Morgan fingerprint density at radius 3 is 2.26 bits per heavy atom. The van der Waals surface area contributed by atoms with E-state index in [9.17, 15) is 9.59 Å². The van der Waals surface area contributed by atoms with Gasteiger partial charge in [-0.05, 0) is 51.0 Å². The van der Waals surface area contributed by atoms with Crippen LogP contribution < -0.4 is 0 Å². The van der Waals surface area contributed by atoms with Crippen LogP contribution in [0.3, 0.4) is 0 Å². The molecule has 0 saturated carbocycles. The van der Waals surface area contributed by atoms with Crippen LogP contribution in [0.5, 0.6) is 0 Å². The molecule has 0 aromatic heterocycles. The van der Waals surface area contributed by atoms with Gasteiger partial charge in [0, 0.05) is 6.04 Å². The summed E-state index contributed by atoms with van der Waals surface area (Å²) in [5.74, 6) is -1.40. The molecule has 1 aromatic carbocycles. The van der Waals surface area contributed by atoms with Crippen molar-refractivity contribution >= 4 is 23.5 Å². The molecule has 104 valence electrons. The number of rotatable bonds is 4. The van der Waals surface area contributed by atoms with Crippen LogP contribution >= 0.6 is 11.6 Å². The highest BCUT2D eigenvalue weighted by molar-refractivity contribution is 6.34. The Labute approximate surface area is 118 Å². The second kappa shape index (κ2) is 6.06. The first-order valence-electron chi connectivity index (χ1n) is 6.03. The first-order chi connectivity index (χ1) is 8.73. The fourth-order valence-electron chi connectivity index (χ4n) is 1.73. The monoisotopic (exact) mass is 283 g/mol. The molecule has 0 atom stereocenters. The number of halogens is 1. The van der Waals surface area contributed by atoms with E-state index >= 15 is 0 Å². The molecule has 0 aliphatic rings. The Morgan fingerprint density at radius 1 is 1.26 bits per heavy atom. The largest absolute Gasteiger partial charge is 0.480 e. The third-order valence-corrected chi connectivity index (χ3v) is 3.32. The smallest absolute Gasteiger partial charge is 0.323 e. The maximum atomic E-state index is 12.4. The van der Waals surface area contributed by atoms with Gasteiger partial charge in [-0.1, -0.05) is 11.6 Å². The molecule has 0 aliphatic carbocycles. The van der Waals surface area contributed by atoms with Crippen LogP contribution in [-0.4, -0.2) is 34.5 Å². The summed E-state index contributed by atoms with van der Waals surface area (Å²) in [5.41, 5.74) is 2.29. The molecule has 0 saturated heterocycles. The van der Waals surface area contributed by atoms with Crippen molar-refractivity contribution in [1.29, 1.82) is 0 Å². The van der Waals surface area contributed by atoms with Gasteiger partial charge in [0.25, 0.3) is 5.91 Å². The Balaban J connectivity index is 3.16. The van der Waals surface area contributed by atoms with E-state index in [1.165, 1.54) is 4.90 Å². The number of carbonyl (C=O) groups is 2. The number of carboxylic acids is 1. The van der Waals surface area contributed by atoms with Crippen LogP contribution in [0.1, 0.15) is 35.3 Å². The number of aliphatic carboxylic acids is 1. The summed E-state index contributed by atoms with van der Waals surface area (Å²) in [6.45, 7) is 7.01. The molecule has 1 aromatic rings. The van der Waals surface area contributed by atoms with Crippen LogP contribution in [0, 0.1) is 13.8 Å². The maximum Gasteiger partial charge on any atom is 0.323 e. The number of benzene rings is 1. The van der Waals surface area contributed by atoms with Crippen LogP contribution in [0.25, 0.3) is 0 Å². The zero-order valence-electron chi connectivity index (χ0n) is 11.5. The quantitative estimate of drug-likeness (QED) is 0.924. The third-order valence-electron chi connectivity index (χ3n) is 3.00. The highest BCUT2D eigenvalue weighted by Crippen LogP contribution is 2.23. The highest BCUT2D eigenvalue weighted by atomic mass is 35.5. The topological polar surface area (TPSA) is 57.6 Å². The molecule has 0 radical (unpaired) electrons. The number of carbonyl (C=O) groups excluding carboxylic acids is 1. The van der Waals surface area contributed by atoms with Crippen molar-refractivity contribution in [1.82, 2.24) is 4.90 Å². The molecule has 0 unspecified atom stereocenters. The lowest BCUT2D eigenvalue weighted by atomic mass is 10.0. The predicted molar refractivity (Wildman–Crippen MR) is 74.7 cm³/mol. The van der Waals surface area contributed by atoms with Crippen molar-refractivity contribution in [2.75, 3.05) is 6.54 Å². The molecule has 19 heavy (non-hydrogen) atoms. The fraction of sp³-hybridized carbons (Fsp3) is 0.429. The van der Waals surface area contributed by atoms with Gasteiger partial charge in [0.2, 0.25) is 0 Å². The average molecular weight is 284 g/mol. The third kappa shape index (κ3) is 3.70. The molecular weight excluding hydrogens is 266 g/mol. The van der Waals surface area contributed by atoms with Crippen LogP contribution in [0.2, 0.25) is 5.02 Å². The number of hydrogen-bond donors (Lipinski definition) is 1. The van der Waals surface area contributed by atoms with E-state index in [0.29, 0.717) is 10.6 Å². The molecule has 4 nitrogen and oxygen atoms in total. The minimum absolute atomic E-state index is 0.207. The molecule has 0 heterocycles. The van der Waals surface area contributed by atoms with Crippen molar-refractivity contribution in [3.8, 4) is 0 Å². The zero-order valence-corrected chi connectivity index (χ0v) is 12.3. The van der Waals surface area contributed by atoms with Gasteiger partial charge in [-0.3, -0.25) is 9.59 Å². The van der Waals surface area contributed by atoms with Gasteiger partial charge in [0.05, 0.1) is 10.6 Å². The maximum absolute atomic E-state index is 12.4. The summed E-state index contributed by atoms with van der Waals surface area (Å²) in [7, 11) is 0. The van der Waals surface area contributed by atoms with E-state index in [0.717, 1.165) is 11.1 Å². The Morgan fingerprint density at radius 2 is 1.79 bits per heavy atom. The van der Waals surface area contributed by atoms with E-state index in [-0.39, 0.29) is 18.5 Å². The van der Waals surface area contributed by atoms with E-state index in [1.807, 2.05) is 13.8 Å². The first kappa shape index (κ1) is 15.5. The first-order valence-corrected chi connectivity index (χ1v) is 6.41. The highest BCUT2D eigenvalue weighted by Gasteiger charge is 2.23. The number of aryl methyl sites for hydroxylation is 2. The number of nitrogens with zero attached hydrogens (tertiary/aromatic N) is 1. The lowest BCUT2D eigenvalue weighted by Crippen LogP contribution is -2.40. The second-order valence-electron chi connectivity index (χ2n) is 4.84. The summed E-state index contributed by atoms with van der Waals surface area (Å²) in [4.78, 5) is 24.5. The van der Waals surface area contributed by atoms with Crippen molar-refractivity contribution in [2.45, 2.75) is 33.7 Å². The van der Waals surface area contributed by atoms with Crippen molar-refractivity contribution in [2.24, 2.45) is 0 Å². The minimum atomic E-state index is -1.04. The summed E-state index contributed by atoms with van der Waals surface area (Å²) in [6.07, 6.45) is 0. The fourth-order valence-corrected chi connectivity index (χ4v) is 2.03. The standard InChI is InChI=1S/C14H18ClNO3/c1-8(2)16(7-13(17)18)14(19)11-5-9(3)10(4)6-12(11)15/h5-6,8H,7H2,1-4H3,(H,17,18). The molecule has 0 fully saturated rings. The molecule has 0 aliphatic heterocycles. The van der Waals surface area contributed by atoms with Gasteiger partial charge in [0.15, 0.2) is 0 Å². The lowest BCUT2D eigenvalue weighted by molar-refractivity contribution is -0.138. The zero-order chi connectivity index (χ0) is 14.7.